The minimum absolute atomic E-state index is 0.0445. The molecule has 190 valence electrons. The fourth-order valence-electron chi connectivity index (χ4n) is 4.46. The van der Waals surface area contributed by atoms with E-state index in [0.29, 0.717) is 52.9 Å². The molecule has 11 nitrogen and oxygen atoms in total. The van der Waals surface area contributed by atoms with E-state index in [9.17, 15) is 18.5 Å². The van der Waals surface area contributed by atoms with Crippen LogP contribution in [-0.2, 0) is 14.8 Å². The van der Waals surface area contributed by atoms with E-state index in [1.54, 1.807) is 10.7 Å². The minimum atomic E-state index is -3.99. The molecule has 0 radical (unpaired) electrons. The Balaban J connectivity index is 1.55. The Morgan fingerprint density at radius 2 is 1.97 bits per heavy atom. The van der Waals surface area contributed by atoms with Crippen molar-refractivity contribution in [3.63, 3.8) is 0 Å². The Labute approximate surface area is 221 Å². The quantitative estimate of drug-likeness (QED) is 0.461. The van der Waals surface area contributed by atoms with Gasteiger partial charge in [0.05, 0.1) is 16.5 Å². The monoisotopic (exact) mass is 592 g/mol. The molecule has 1 amide bonds. The van der Waals surface area contributed by atoms with Crippen LogP contribution in [-0.4, -0.2) is 70.9 Å². The number of sulfonamides is 1. The third-order valence-electron chi connectivity index (χ3n) is 6.72. The van der Waals surface area contributed by atoms with Gasteiger partial charge in [0, 0.05) is 49.4 Å². The van der Waals surface area contributed by atoms with Crippen molar-refractivity contribution < 1.29 is 13.2 Å². The van der Waals surface area contributed by atoms with Crippen LogP contribution in [0.25, 0.3) is 16.0 Å². The first-order valence-corrected chi connectivity index (χ1v) is 14.6. The van der Waals surface area contributed by atoms with Gasteiger partial charge in [0.25, 0.3) is 0 Å². The largest absolute Gasteiger partial charge is 0.367 e. The maximum atomic E-state index is 13.4. The van der Waals surface area contributed by atoms with Gasteiger partial charge in [-0.15, -0.1) is 10.2 Å². The van der Waals surface area contributed by atoms with Gasteiger partial charge in [-0.25, -0.2) is 13.1 Å². The van der Waals surface area contributed by atoms with Crippen LogP contribution in [0.4, 0.5) is 5.69 Å². The van der Waals surface area contributed by atoms with Crippen LogP contribution in [0.3, 0.4) is 0 Å². The Bertz CT molecular complexity index is 1490. The lowest BCUT2D eigenvalue weighted by Gasteiger charge is -2.37. The van der Waals surface area contributed by atoms with Crippen molar-refractivity contribution in [2.45, 2.75) is 37.6 Å². The summed E-state index contributed by atoms with van der Waals surface area (Å²) in [5.41, 5.74) is 0.110. The molecule has 36 heavy (non-hydrogen) atoms. The number of nitriles is 1. The lowest BCUT2D eigenvalue weighted by atomic mass is 10.1. The highest BCUT2D eigenvalue weighted by Gasteiger charge is 2.54. The zero-order chi connectivity index (χ0) is 25.8. The van der Waals surface area contributed by atoms with Crippen molar-refractivity contribution in [1.29, 1.82) is 5.26 Å². The smallest absolute Gasteiger partial charge is 0.242 e. The molecule has 0 spiro atoms. The highest BCUT2D eigenvalue weighted by Crippen LogP contribution is 2.43. The molecule has 2 unspecified atom stereocenters. The zero-order valence-corrected chi connectivity index (χ0v) is 23.2. The number of halogens is 1. The Kier molecular flexibility index (Phi) is 6.30. The van der Waals surface area contributed by atoms with E-state index in [-0.39, 0.29) is 22.6 Å². The molecular formula is C22H25BrN8O3S2. The number of benzene rings is 1. The number of hydrogen-bond acceptors (Lipinski definition) is 9. The van der Waals surface area contributed by atoms with E-state index >= 15 is 0 Å². The summed E-state index contributed by atoms with van der Waals surface area (Å²) in [6, 6.07) is 5.27. The van der Waals surface area contributed by atoms with Crippen molar-refractivity contribution in [1.82, 2.24) is 29.6 Å². The number of amides is 1. The van der Waals surface area contributed by atoms with Crippen molar-refractivity contribution in [3.05, 3.63) is 22.2 Å². The van der Waals surface area contributed by atoms with Crippen LogP contribution >= 0.6 is 27.3 Å². The van der Waals surface area contributed by atoms with E-state index in [1.807, 2.05) is 31.9 Å². The molecule has 1 aromatic carbocycles. The van der Waals surface area contributed by atoms with Gasteiger partial charge in [-0.2, -0.15) is 15.1 Å². The van der Waals surface area contributed by atoms with Crippen LogP contribution < -0.4 is 9.62 Å². The van der Waals surface area contributed by atoms with Gasteiger partial charge in [0.1, 0.15) is 5.54 Å². The summed E-state index contributed by atoms with van der Waals surface area (Å²) < 4.78 is 31.5. The molecule has 2 aromatic heterocycles. The Morgan fingerprint density at radius 3 is 2.53 bits per heavy atom. The maximum absolute atomic E-state index is 13.4. The highest BCUT2D eigenvalue weighted by atomic mass is 79.9. The average Bonchev–Trinajstić information content (AvgIpc) is 3.18. The summed E-state index contributed by atoms with van der Waals surface area (Å²) in [4.78, 5) is 16.4. The second kappa shape index (κ2) is 9.05. The number of nitrogens with zero attached hydrogens (tertiary/aromatic N) is 7. The average molecular weight is 594 g/mol. The number of fused-ring (bicyclic) bond motifs is 1. The Hall–Kier alpha value is -2.60. The first kappa shape index (κ1) is 25.1. The molecule has 3 aromatic rings. The predicted molar refractivity (Wildman–Crippen MR) is 138 cm³/mol. The van der Waals surface area contributed by atoms with E-state index < -0.39 is 15.6 Å². The number of carbonyl (C=O) groups is 1. The number of piperazine rings is 1. The molecule has 1 aliphatic carbocycles. The molecule has 0 bridgehead atoms. The van der Waals surface area contributed by atoms with Gasteiger partial charge in [0.15, 0.2) is 3.92 Å². The lowest BCUT2D eigenvalue weighted by molar-refractivity contribution is -0.134. The summed E-state index contributed by atoms with van der Waals surface area (Å²) in [5.74, 6) is -0.0259. The van der Waals surface area contributed by atoms with Gasteiger partial charge >= 0.3 is 0 Å². The summed E-state index contributed by atoms with van der Waals surface area (Å²) in [6.07, 6.45) is 2.29. The number of anilines is 1. The molecule has 2 atom stereocenters. The number of carbonyl (C=O) groups excluding carboxylic acids is 1. The zero-order valence-electron chi connectivity index (χ0n) is 20.0. The fourth-order valence-corrected chi connectivity index (χ4v) is 6.94. The SMILES string of the molecule is CC(C)C(=O)N1CCN(c2cc(S(=O)(=O)NC3(C#N)CC3C)cc3nn(-c4nnc(Br)s4)cc23)CC1. The summed E-state index contributed by atoms with van der Waals surface area (Å²) in [7, 11) is -3.99. The molecule has 14 heteroatoms. The van der Waals surface area contributed by atoms with Crippen LogP contribution in [0.15, 0.2) is 27.1 Å². The number of rotatable bonds is 6. The lowest BCUT2D eigenvalue weighted by Crippen LogP contribution is -2.50. The van der Waals surface area contributed by atoms with Crippen LogP contribution in [0.2, 0.25) is 0 Å². The molecule has 5 rings (SSSR count). The number of hydrogen-bond donors (Lipinski definition) is 1. The number of aromatic nitrogens is 4. The van der Waals surface area contributed by atoms with E-state index in [0.717, 1.165) is 5.39 Å². The molecule has 1 aliphatic heterocycles. The molecule has 1 saturated heterocycles. The van der Waals surface area contributed by atoms with Crippen molar-refractivity contribution in [2.24, 2.45) is 11.8 Å². The van der Waals surface area contributed by atoms with Crippen molar-refractivity contribution in [2.75, 3.05) is 31.1 Å². The molecule has 3 heterocycles. The summed E-state index contributed by atoms with van der Waals surface area (Å²) in [5, 5.41) is 23.5. The first-order valence-electron chi connectivity index (χ1n) is 11.5. The maximum Gasteiger partial charge on any atom is 0.242 e. The van der Waals surface area contributed by atoms with Crippen molar-refractivity contribution >= 4 is 59.8 Å². The fraction of sp³-hybridized carbons (Fsp3) is 0.500. The third-order valence-corrected chi connectivity index (χ3v) is 9.56. The van der Waals surface area contributed by atoms with Gasteiger partial charge in [0.2, 0.25) is 21.1 Å². The minimum Gasteiger partial charge on any atom is -0.367 e. The first-order chi connectivity index (χ1) is 17.0. The van der Waals surface area contributed by atoms with Gasteiger partial charge in [-0.1, -0.05) is 32.1 Å². The van der Waals surface area contributed by atoms with E-state index in [2.05, 4.69) is 46.9 Å². The van der Waals surface area contributed by atoms with Gasteiger partial charge < -0.3 is 9.80 Å². The second-order valence-corrected chi connectivity index (χ2v) is 13.5. The standard InChI is InChI=1S/C22H25BrN8O3S2/c1-13(2)19(32)30-6-4-29(5-7-30)18-9-15(36(33,34)28-22(12-24)10-14(22)3)8-17-16(18)11-31(27-17)21-26-25-20(23)35-21/h8-9,11,13-14,28H,4-7,10H2,1-3H3. The topological polar surface area (TPSA) is 137 Å². The number of nitrogens with one attached hydrogen (secondary N) is 1. The predicted octanol–water partition coefficient (Wildman–Crippen LogP) is 2.52. The van der Waals surface area contributed by atoms with Crippen LogP contribution in [0.1, 0.15) is 27.2 Å². The molecule has 2 aliphatic rings. The van der Waals surface area contributed by atoms with E-state index in [4.69, 9.17) is 0 Å². The van der Waals surface area contributed by atoms with Gasteiger partial charge in [-0.05, 0) is 40.4 Å². The normalized spacial score (nSPS) is 22.3. The van der Waals surface area contributed by atoms with E-state index in [1.165, 1.54) is 17.4 Å². The third kappa shape index (κ3) is 4.49. The molecule has 1 N–H and O–H groups in total. The van der Waals surface area contributed by atoms with Crippen LogP contribution in [0, 0.1) is 23.2 Å². The van der Waals surface area contributed by atoms with Crippen molar-refractivity contribution in [3.8, 4) is 11.2 Å². The van der Waals surface area contributed by atoms with Crippen LogP contribution in [0.5, 0.6) is 0 Å². The molecular weight excluding hydrogens is 568 g/mol. The highest BCUT2D eigenvalue weighted by molar-refractivity contribution is 9.11. The Morgan fingerprint density at radius 1 is 1.28 bits per heavy atom. The van der Waals surface area contributed by atoms with Gasteiger partial charge in [-0.3, -0.25) is 4.79 Å². The summed E-state index contributed by atoms with van der Waals surface area (Å²) in [6.45, 7) is 7.81. The second-order valence-electron chi connectivity index (χ2n) is 9.55. The molecule has 1 saturated carbocycles. The summed E-state index contributed by atoms with van der Waals surface area (Å²) >= 11 is 4.61. The molecule has 2 fully saturated rings.